The zero-order valence-electron chi connectivity index (χ0n) is 13.3. The topological polar surface area (TPSA) is 70.1 Å². The van der Waals surface area contributed by atoms with Gasteiger partial charge in [0, 0.05) is 31.7 Å². The molecule has 0 atom stereocenters. The van der Waals surface area contributed by atoms with Crippen molar-refractivity contribution in [2.24, 2.45) is 0 Å². The van der Waals surface area contributed by atoms with Crippen molar-refractivity contribution in [2.75, 3.05) is 39.8 Å². The summed E-state index contributed by atoms with van der Waals surface area (Å²) in [4.78, 5) is 27.2. The van der Waals surface area contributed by atoms with Gasteiger partial charge in [0.15, 0.2) is 6.61 Å². The van der Waals surface area contributed by atoms with E-state index in [0.717, 1.165) is 37.3 Å². The van der Waals surface area contributed by atoms with E-state index in [2.05, 4.69) is 4.90 Å². The summed E-state index contributed by atoms with van der Waals surface area (Å²) < 4.78 is 5.29. The molecule has 1 aliphatic rings. The molecule has 22 heavy (non-hydrogen) atoms. The fraction of sp³-hybridized carbons (Fsp3) is 0.500. The third kappa shape index (κ3) is 3.76. The summed E-state index contributed by atoms with van der Waals surface area (Å²) >= 11 is 0. The Morgan fingerprint density at radius 2 is 1.68 bits per heavy atom. The number of rotatable bonds is 4. The molecule has 0 bridgehead atoms. The second kappa shape index (κ2) is 6.79. The molecule has 2 rings (SSSR count). The molecule has 1 saturated heterocycles. The maximum absolute atomic E-state index is 12.6. The fourth-order valence-corrected chi connectivity index (χ4v) is 2.63. The van der Waals surface area contributed by atoms with Crippen LogP contribution in [0.15, 0.2) is 12.1 Å². The van der Waals surface area contributed by atoms with Gasteiger partial charge in [0.25, 0.3) is 5.91 Å². The van der Waals surface area contributed by atoms with Gasteiger partial charge in [-0.3, -0.25) is 4.79 Å². The highest BCUT2D eigenvalue weighted by Crippen LogP contribution is 2.25. The number of aliphatic carboxylic acids is 1. The van der Waals surface area contributed by atoms with Crippen LogP contribution in [0.1, 0.15) is 21.5 Å². The summed E-state index contributed by atoms with van der Waals surface area (Å²) in [7, 11) is 2.05. The van der Waals surface area contributed by atoms with Crippen LogP contribution in [0, 0.1) is 13.8 Å². The Morgan fingerprint density at radius 3 is 2.18 bits per heavy atom. The largest absolute Gasteiger partial charge is 0.481 e. The number of hydrogen-bond acceptors (Lipinski definition) is 4. The summed E-state index contributed by atoms with van der Waals surface area (Å²) in [6.07, 6.45) is 0. The Bertz CT molecular complexity index is 555. The van der Waals surface area contributed by atoms with Crippen LogP contribution < -0.4 is 4.74 Å². The average molecular weight is 306 g/mol. The first kappa shape index (κ1) is 16.3. The van der Waals surface area contributed by atoms with Gasteiger partial charge < -0.3 is 19.6 Å². The molecule has 0 saturated carbocycles. The summed E-state index contributed by atoms with van der Waals surface area (Å²) in [6.45, 7) is 6.48. The van der Waals surface area contributed by atoms with E-state index in [-0.39, 0.29) is 12.5 Å². The Hall–Kier alpha value is -2.08. The van der Waals surface area contributed by atoms with E-state index in [1.54, 1.807) is 12.1 Å². The maximum Gasteiger partial charge on any atom is 0.341 e. The molecule has 1 heterocycles. The number of carbonyl (C=O) groups is 2. The van der Waals surface area contributed by atoms with E-state index in [1.165, 1.54) is 0 Å². The molecular formula is C16H22N2O4. The highest BCUT2D eigenvalue weighted by Gasteiger charge is 2.21. The zero-order chi connectivity index (χ0) is 16.3. The Labute approximate surface area is 130 Å². The summed E-state index contributed by atoms with van der Waals surface area (Å²) in [5.74, 6) is -0.460. The number of nitrogens with zero attached hydrogens (tertiary/aromatic N) is 2. The summed E-state index contributed by atoms with van der Waals surface area (Å²) in [5.41, 5.74) is 2.18. The van der Waals surface area contributed by atoms with E-state index in [1.807, 2.05) is 25.8 Å². The van der Waals surface area contributed by atoms with Gasteiger partial charge in [-0.2, -0.15) is 0 Å². The number of carbonyl (C=O) groups excluding carboxylic acids is 1. The number of ether oxygens (including phenoxy) is 1. The lowest BCUT2D eigenvalue weighted by Gasteiger charge is -2.32. The van der Waals surface area contributed by atoms with Gasteiger partial charge in [-0.25, -0.2) is 4.79 Å². The number of hydrogen-bond donors (Lipinski definition) is 1. The first-order valence-electron chi connectivity index (χ1n) is 7.32. The molecule has 1 aromatic rings. The number of benzene rings is 1. The van der Waals surface area contributed by atoms with Crippen molar-refractivity contribution in [3.05, 3.63) is 28.8 Å². The first-order chi connectivity index (χ1) is 10.4. The number of aryl methyl sites for hydroxylation is 2. The van der Waals surface area contributed by atoms with Crippen molar-refractivity contribution in [3.8, 4) is 5.75 Å². The molecule has 6 nitrogen and oxygen atoms in total. The summed E-state index contributed by atoms with van der Waals surface area (Å²) in [5, 5.41) is 8.70. The smallest absolute Gasteiger partial charge is 0.341 e. The highest BCUT2D eigenvalue weighted by atomic mass is 16.5. The van der Waals surface area contributed by atoms with Crippen LogP contribution in [0.3, 0.4) is 0 Å². The molecule has 0 spiro atoms. The van der Waals surface area contributed by atoms with Crippen molar-refractivity contribution in [1.29, 1.82) is 0 Å². The van der Waals surface area contributed by atoms with Crippen LogP contribution >= 0.6 is 0 Å². The van der Waals surface area contributed by atoms with Gasteiger partial charge in [0.1, 0.15) is 5.75 Å². The lowest BCUT2D eigenvalue weighted by Crippen LogP contribution is -2.47. The Balaban J connectivity index is 2.15. The molecule has 0 aliphatic carbocycles. The van der Waals surface area contributed by atoms with Gasteiger partial charge >= 0.3 is 5.97 Å². The van der Waals surface area contributed by atoms with Crippen LogP contribution in [0.25, 0.3) is 0 Å². The van der Waals surface area contributed by atoms with Crippen LogP contribution in [-0.2, 0) is 4.79 Å². The first-order valence-corrected chi connectivity index (χ1v) is 7.32. The minimum absolute atomic E-state index is 0.0177. The van der Waals surface area contributed by atoms with Crippen LogP contribution in [0.2, 0.25) is 0 Å². The second-order valence-electron chi connectivity index (χ2n) is 5.72. The van der Waals surface area contributed by atoms with Crippen LogP contribution in [0.5, 0.6) is 5.75 Å². The van der Waals surface area contributed by atoms with Gasteiger partial charge in [0.2, 0.25) is 0 Å². The van der Waals surface area contributed by atoms with Crippen molar-refractivity contribution >= 4 is 11.9 Å². The van der Waals surface area contributed by atoms with E-state index in [9.17, 15) is 9.59 Å². The van der Waals surface area contributed by atoms with Gasteiger partial charge in [-0.1, -0.05) is 0 Å². The molecule has 0 unspecified atom stereocenters. The van der Waals surface area contributed by atoms with E-state index in [0.29, 0.717) is 11.3 Å². The SMILES string of the molecule is Cc1cc(C(=O)N2CCN(C)CC2)cc(C)c1OCC(=O)O. The van der Waals surface area contributed by atoms with Crippen molar-refractivity contribution in [2.45, 2.75) is 13.8 Å². The minimum atomic E-state index is -1.02. The molecule has 1 N–H and O–H groups in total. The zero-order valence-corrected chi connectivity index (χ0v) is 13.3. The minimum Gasteiger partial charge on any atom is -0.481 e. The molecule has 1 fully saturated rings. The van der Waals surface area contributed by atoms with Gasteiger partial charge in [0.05, 0.1) is 0 Å². The number of carboxylic acids is 1. The predicted octanol–water partition coefficient (Wildman–Crippen LogP) is 1.15. The molecule has 1 amide bonds. The third-order valence-electron chi connectivity index (χ3n) is 3.84. The molecule has 120 valence electrons. The predicted molar refractivity (Wildman–Crippen MR) is 82.4 cm³/mol. The molecule has 0 aromatic heterocycles. The fourth-order valence-electron chi connectivity index (χ4n) is 2.63. The van der Waals surface area contributed by atoms with Crippen molar-refractivity contribution < 1.29 is 19.4 Å². The van der Waals surface area contributed by atoms with Crippen LogP contribution in [0.4, 0.5) is 0 Å². The monoisotopic (exact) mass is 306 g/mol. The van der Waals surface area contributed by atoms with E-state index < -0.39 is 5.97 Å². The number of piperazine rings is 1. The van der Waals surface area contributed by atoms with E-state index in [4.69, 9.17) is 9.84 Å². The van der Waals surface area contributed by atoms with Gasteiger partial charge in [-0.05, 0) is 44.2 Å². The van der Waals surface area contributed by atoms with Crippen molar-refractivity contribution in [3.63, 3.8) is 0 Å². The van der Waals surface area contributed by atoms with Crippen molar-refractivity contribution in [1.82, 2.24) is 9.80 Å². The molecular weight excluding hydrogens is 284 g/mol. The maximum atomic E-state index is 12.6. The molecule has 0 radical (unpaired) electrons. The lowest BCUT2D eigenvalue weighted by atomic mass is 10.0. The number of carboxylic acid groups (broad SMARTS) is 1. The third-order valence-corrected chi connectivity index (χ3v) is 3.84. The average Bonchev–Trinajstić information content (AvgIpc) is 2.46. The molecule has 6 heteroatoms. The molecule has 1 aliphatic heterocycles. The normalized spacial score (nSPS) is 15.7. The number of amides is 1. The van der Waals surface area contributed by atoms with Crippen LogP contribution in [-0.4, -0.2) is 66.6 Å². The summed E-state index contributed by atoms with van der Waals surface area (Å²) in [6, 6.07) is 3.54. The Morgan fingerprint density at radius 1 is 1.14 bits per heavy atom. The standard InChI is InChI=1S/C16H22N2O4/c1-11-8-13(9-12(2)15(11)22-10-14(19)20)16(21)18-6-4-17(3)5-7-18/h8-9H,4-7,10H2,1-3H3,(H,19,20). The Kier molecular flexibility index (Phi) is 5.03. The van der Waals surface area contributed by atoms with Gasteiger partial charge in [-0.15, -0.1) is 0 Å². The quantitative estimate of drug-likeness (QED) is 0.904. The lowest BCUT2D eigenvalue weighted by molar-refractivity contribution is -0.139. The molecule has 1 aromatic carbocycles. The number of likely N-dealkylation sites (N-methyl/N-ethyl adjacent to an activating group) is 1. The van der Waals surface area contributed by atoms with E-state index >= 15 is 0 Å². The highest BCUT2D eigenvalue weighted by molar-refractivity contribution is 5.95. The second-order valence-corrected chi connectivity index (χ2v) is 5.72.